The predicted molar refractivity (Wildman–Crippen MR) is 113 cm³/mol. The highest BCUT2D eigenvalue weighted by Gasteiger charge is 2.29. The van der Waals surface area contributed by atoms with Gasteiger partial charge in [-0.1, -0.05) is 30.3 Å². The zero-order valence-electron chi connectivity index (χ0n) is 16.1. The van der Waals surface area contributed by atoms with Crippen molar-refractivity contribution in [3.63, 3.8) is 0 Å². The average molecular weight is 376 g/mol. The monoisotopic (exact) mass is 376 g/mol. The summed E-state index contributed by atoms with van der Waals surface area (Å²) in [5, 5.41) is 14.8. The van der Waals surface area contributed by atoms with Gasteiger partial charge in [0, 0.05) is 11.4 Å². The topological polar surface area (TPSA) is 57.0 Å². The molecule has 1 aliphatic heterocycles. The van der Waals surface area contributed by atoms with Gasteiger partial charge in [0.2, 0.25) is 0 Å². The molecule has 0 radical (unpaired) electrons. The van der Waals surface area contributed by atoms with E-state index in [9.17, 15) is 9.90 Å². The van der Waals surface area contributed by atoms with Crippen molar-refractivity contribution in [2.45, 2.75) is 13.0 Å². The Morgan fingerprint density at radius 1 is 1.00 bits per heavy atom. The quantitative estimate of drug-likeness (QED) is 0.655. The summed E-state index contributed by atoms with van der Waals surface area (Å²) in [5.41, 5.74) is 1.96. The van der Waals surface area contributed by atoms with Crippen molar-refractivity contribution >= 4 is 28.1 Å². The number of hydrogen-bond acceptors (Lipinski definition) is 3. The van der Waals surface area contributed by atoms with Gasteiger partial charge in [-0.05, 0) is 54.1 Å². The highest BCUT2D eigenvalue weighted by atomic mass is 16.3. The SMILES string of the molecule is C[C@@H](C(=O)Nc1ccc2ccccc2c1)[NH+]1CCN(c2ccc(O)cc2)CC1. The first-order valence-corrected chi connectivity index (χ1v) is 9.78. The molecular weight excluding hydrogens is 350 g/mol. The van der Waals surface area contributed by atoms with E-state index < -0.39 is 0 Å². The van der Waals surface area contributed by atoms with Crippen molar-refractivity contribution in [3.8, 4) is 5.75 Å². The highest BCUT2D eigenvalue weighted by Crippen LogP contribution is 2.19. The molecule has 0 unspecified atom stereocenters. The third-order valence-corrected chi connectivity index (χ3v) is 5.64. The number of amides is 1. The molecule has 28 heavy (non-hydrogen) atoms. The Labute approximate surface area is 165 Å². The fourth-order valence-corrected chi connectivity index (χ4v) is 3.85. The van der Waals surface area contributed by atoms with Crippen molar-refractivity contribution in [2.75, 3.05) is 36.4 Å². The average Bonchev–Trinajstić information content (AvgIpc) is 2.74. The van der Waals surface area contributed by atoms with Crippen LogP contribution in [-0.2, 0) is 4.79 Å². The van der Waals surface area contributed by atoms with Crippen molar-refractivity contribution in [2.24, 2.45) is 0 Å². The van der Waals surface area contributed by atoms with Gasteiger partial charge in [0.05, 0.1) is 26.2 Å². The molecule has 1 saturated heterocycles. The normalized spacial score (nSPS) is 16.1. The maximum Gasteiger partial charge on any atom is 0.282 e. The lowest BCUT2D eigenvalue weighted by molar-refractivity contribution is -0.914. The number of piperazine rings is 1. The van der Waals surface area contributed by atoms with Crippen molar-refractivity contribution in [3.05, 3.63) is 66.7 Å². The van der Waals surface area contributed by atoms with Crippen LogP contribution in [0.3, 0.4) is 0 Å². The van der Waals surface area contributed by atoms with Crippen molar-refractivity contribution < 1.29 is 14.8 Å². The van der Waals surface area contributed by atoms with E-state index in [4.69, 9.17) is 0 Å². The molecule has 1 atom stereocenters. The van der Waals surface area contributed by atoms with E-state index >= 15 is 0 Å². The third kappa shape index (κ3) is 3.94. The van der Waals surface area contributed by atoms with Crippen LogP contribution in [0.2, 0.25) is 0 Å². The lowest BCUT2D eigenvalue weighted by Gasteiger charge is -2.36. The Balaban J connectivity index is 1.35. The fraction of sp³-hybridized carbons (Fsp3) is 0.261. The number of carbonyl (C=O) groups excluding carboxylic acids is 1. The zero-order chi connectivity index (χ0) is 19.5. The molecule has 5 heteroatoms. The Hall–Kier alpha value is -3.05. The summed E-state index contributed by atoms with van der Waals surface area (Å²) in [7, 11) is 0. The van der Waals surface area contributed by atoms with E-state index in [1.807, 2.05) is 49.4 Å². The summed E-state index contributed by atoms with van der Waals surface area (Å²) in [6, 6.07) is 21.4. The Morgan fingerprint density at radius 3 is 2.39 bits per heavy atom. The number of nitrogens with zero attached hydrogens (tertiary/aromatic N) is 1. The maximum absolute atomic E-state index is 12.8. The van der Waals surface area contributed by atoms with Gasteiger partial charge in [-0.15, -0.1) is 0 Å². The second-order valence-corrected chi connectivity index (χ2v) is 7.43. The first-order chi connectivity index (χ1) is 13.6. The van der Waals surface area contributed by atoms with Crippen LogP contribution >= 0.6 is 0 Å². The summed E-state index contributed by atoms with van der Waals surface area (Å²) in [5.74, 6) is 0.343. The smallest absolute Gasteiger partial charge is 0.282 e. The number of aromatic hydroxyl groups is 1. The maximum atomic E-state index is 12.8. The van der Waals surface area contributed by atoms with Crippen molar-refractivity contribution in [1.29, 1.82) is 0 Å². The number of quaternary nitrogens is 1. The second-order valence-electron chi connectivity index (χ2n) is 7.43. The van der Waals surface area contributed by atoms with Crippen LogP contribution in [0.4, 0.5) is 11.4 Å². The van der Waals surface area contributed by atoms with Gasteiger partial charge < -0.3 is 20.2 Å². The number of carbonyl (C=O) groups is 1. The van der Waals surface area contributed by atoms with Gasteiger partial charge in [-0.3, -0.25) is 4.79 Å². The highest BCUT2D eigenvalue weighted by molar-refractivity contribution is 5.96. The molecule has 0 aliphatic carbocycles. The van der Waals surface area contributed by atoms with Gasteiger partial charge in [-0.25, -0.2) is 0 Å². The van der Waals surface area contributed by atoms with E-state index in [0.717, 1.165) is 42.9 Å². The first-order valence-electron chi connectivity index (χ1n) is 9.78. The van der Waals surface area contributed by atoms with E-state index in [-0.39, 0.29) is 17.7 Å². The number of phenols is 1. The van der Waals surface area contributed by atoms with Crippen LogP contribution in [0.1, 0.15) is 6.92 Å². The zero-order valence-corrected chi connectivity index (χ0v) is 16.1. The van der Waals surface area contributed by atoms with Crippen LogP contribution in [0, 0.1) is 0 Å². The molecule has 1 heterocycles. The molecule has 1 amide bonds. The van der Waals surface area contributed by atoms with Crippen LogP contribution in [0.15, 0.2) is 66.7 Å². The molecule has 144 valence electrons. The van der Waals surface area contributed by atoms with E-state index in [0.29, 0.717) is 0 Å². The predicted octanol–water partition coefficient (Wildman–Crippen LogP) is 2.28. The molecule has 0 aromatic heterocycles. The van der Waals surface area contributed by atoms with E-state index in [1.165, 1.54) is 10.3 Å². The van der Waals surface area contributed by atoms with Gasteiger partial charge in [0.1, 0.15) is 5.75 Å². The molecule has 3 N–H and O–H groups in total. The third-order valence-electron chi connectivity index (χ3n) is 5.64. The number of phenolic OH excluding ortho intramolecular Hbond substituents is 1. The van der Waals surface area contributed by atoms with Gasteiger partial charge in [0.15, 0.2) is 6.04 Å². The number of nitrogens with one attached hydrogen (secondary N) is 2. The Bertz CT molecular complexity index is 963. The summed E-state index contributed by atoms with van der Waals surface area (Å²) < 4.78 is 0. The molecular formula is C23H26N3O2+. The van der Waals surface area contributed by atoms with Crippen LogP contribution in [-0.4, -0.2) is 43.2 Å². The number of fused-ring (bicyclic) bond motifs is 1. The standard InChI is InChI=1S/C23H25N3O2/c1-17(23(28)24-20-7-6-18-4-2-3-5-19(18)16-20)25-12-14-26(15-13-25)21-8-10-22(27)11-9-21/h2-11,16-17,27H,12-15H2,1H3,(H,24,28)/p+1/t17-/m0/s1. The summed E-state index contributed by atoms with van der Waals surface area (Å²) in [6.07, 6.45) is 0. The van der Waals surface area contributed by atoms with Gasteiger partial charge in [-0.2, -0.15) is 0 Å². The minimum absolute atomic E-state index is 0.0587. The molecule has 0 spiro atoms. The van der Waals surface area contributed by atoms with Crippen LogP contribution in [0.25, 0.3) is 10.8 Å². The molecule has 1 fully saturated rings. The summed E-state index contributed by atoms with van der Waals surface area (Å²) in [4.78, 5) is 16.4. The Morgan fingerprint density at radius 2 is 1.68 bits per heavy atom. The molecule has 0 saturated carbocycles. The van der Waals surface area contributed by atoms with Crippen LogP contribution in [0.5, 0.6) is 5.75 Å². The van der Waals surface area contributed by atoms with E-state index in [2.05, 4.69) is 22.3 Å². The van der Waals surface area contributed by atoms with E-state index in [1.54, 1.807) is 12.1 Å². The van der Waals surface area contributed by atoms with Crippen molar-refractivity contribution in [1.82, 2.24) is 0 Å². The largest absolute Gasteiger partial charge is 0.508 e. The lowest BCUT2D eigenvalue weighted by Crippen LogP contribution is -3.19. The minimum Gasteiger partial charge on any atom is -0.508 e. The lowest BCUT2D eigenvalue weighted by atomic mass is 10.1. The molecule has 5 nitrogen and oxygen atoms in total. The summed E-state index contributed by atoms with van der Waals surface area (Å²) in [6.45, 7) is 5.61. The van der Waals surface area contributed by atoms with Gasteiger partial charge in [0.25, 0.3) is 5.91 Å². The number of benzene rings is 3. The second kappa shape index (κ2) is 7.90. The number of rotatable bonds is 4. The Kier molecular flexibility index (Phi) is 5.17. The molecule has 3 aromatic rings. The van der Waals surface area contributed by atoms with Gasteiger partial charge >= 0.3 is 0 Å². The molecule has 4 rings (SSSR count). The summed E-state index contributed by atoms with van der Waals surface area (Å²) >= 11 is 0. The number of hydrogen-bond donors (Lipinski definition) is 3. The number of anilines is 2. The molecule has 3 aromatic carbocycles. The first kappa shape index (κ1) is 18.3. The molecule has 1 aliphatic rings. The van der Waals surface area contributed by atoms with Crippen LogP contribution < -0.4 is 15.1 Å². The fourth-order valence-electron chi connectivity index (χ4n) is 3.85. The molecule has 0 bridgehead atoms. The minimum atomic E-state index is -0.103.